The largest absolute Gasteiger partial charge is 0.348 e. The van der Waals surface area contributed by atoms with Crippen LogP contribution in [0.15, 0.2) is 16.2 Å². The van der Waals surface area contributed by atoms with E-state index in [0.29, 0.717) is 0 Å². The Morgan fingerprint density at radius 3 is 2.92 bits per heavy atom. The fraction of sp³-hybridized carbons (Fsp3) is 0.250. The molecule has 0 fully saturated rings. The van der Waals surface area contributed by atoms with Crippen molar-refractivity contribution in [2.75, 3.05) is 0 Å². The molecule has 0 bridgehead atoms. The van der Waals surface area contributed by atoms with Crippen LogP contribution >= 0.6 is 23.7 Å². The zero-order chi connectivity index (χ0) is 8.72. The van der Waals surface area contributed by atoms with Gasteiger partial charge in [0.25, 0.3) is 0 Å². The third-order valence-corrected chi connectivity index (χ3v) is 2.88. The van der Waals surface area contributed by atoms with Crippen molar-refractivity contribution in [1.82, 2.24) is 9.55 Å². The van der Waals surface area contributed by atoms with E-state index in [1.807, 2.05) is 18.4 Å². The van der Waals surface area contributed by atoms with Crippen LogP contribution < -0.4 is 5.69 Å². The highest BCUT2D eigenvalue weighted by Crippen LogP contribution is 2.19. The van der Waals surface area contributed by atoms with Crippen molar-refractivity contribution in [2.24, 2.45) is 7.05 Å². The van der Waals surface area contributed by atoms with Gasteiger partial charge in [-0.3, -0.25) is 4.57 Å². The Hall–Kier alpha value is -0.870. The smallest absolute Gasteiger partial charge is 0.286 e. The molecule has 2 heterocycles. The first kappa shape index (κ1) is 10.2. The maximum Gasteiger partial charge on any atom is 0.348 e. The zero-order valence-electron chi connectivity index (χ0n) is 7.27. The van der Waals surface area contributed by atoms with E-state index in [1.54, 1.807) is 23.0 Å². The van der Waals surface area contributed by atoms with E-state index in [4.69, 9.17) is 0 Å². The molecule has 0 radical (unpaired) electrons. The molecule has 0 saturated heterocycles. The highest BCUT2D eigenvalue weighted by Gasteiger charge is 2.04. The first-order valence-electron chi connectivity index (χ1n) is 3.61. The minimum atomic E-state index is -0.178. The van der Waals surface area contributed by atoms with E-state index in [2.05, 4.69) is 4.98 Å². The monoisotopic (exact) mass is 216 g/mol. The fourth-order valence-corrected chi connectivity index (χ4v) is 2.11. The Morgan fingerprint density at radius 2 is 2.23 bits per heavy atom. The minimum absolute atomic E-state index is 0. The predicted octanol–water partition coefficient (Wildman–Crippen LogP) is 1.73. The maximum absolute atomic E-state index is 11.2. The average molecular weight is 217 g/mol. The molecule has 2 rings (SSSR count). The second-order valence-electron chi connectivity index (χ2n) is 2.68. The summed E-state index contributed by atoms with van der Waals surface area (Å²) in [7, 11) is 1.74. The van der Waals surface area contributed by atoms with Crippen molar-refractivity contribution >= 4 is 34.0 Å². The van der Waals surface area contributed by atoms with Crippen LogP contribution in [0.4, 0.5) is 0 Å². The lowest BCUT2D eigenvalue weighted by molar-refractivity contribution is 0.849. The van der Waals surface area contributed by atoms with Gasteiger partial charge in [-0.2, -0.15) is 4.98 Å². The molecule has 0 aliphatic heterocycles. The van der Waals surface area contributed by atoms with Crippen LogP contribution in [0.3, 0.4) is 0 Å². The van der Waals surface area contributed by atoms with E-state index >= 15 is 0 Å². The molecule has 0 aromatic carbocycles. The summed E-state index contributed by atoms with van der Waals surface area (Å²) in [6.07, 6.45) is 0. The van der Waals surface area contributed by atoms with Gasteiger partial charge in [-0.1, -0.05) is 0 Å². The van der Waals surface area contributed by atoms with Crippen LogP contribution in [0.25, 0.3) is 10.2 Å². The second kappa shape index (κ2) is 3.47. The lowest BCUT2D eigenvalue weighted by Crippen LogP contribution is -2.20. The molecule has 0 spiro atoms. The summed E-state index contributed by atoms with van der Waals surface area (Å²) in [4.78, 5) is 16.1. The second-order valence-corrected chi connectivity index (χ2v) is 3.57. The van der Waals surface area contributed by atoms with Gasteiger partial charge in [-0.05, 0) is 18.4 Å². The van der Waals surface area contributed by atoms with Crippen molar-refractivity contribution in [2.45, 2.75) is 6.92 Å². The summed E-state index contributed by atoms with van der Waals surface area (Å²) in [5, 5.41) is 3.04. The molecule has 0 atom stereocenters. The molecule has 5 heteroatoms. The quantitative estimate of drug-likeness (QED) is 0.672. The Balaban J connectivity index is 0.000000845. The SMILES string of the molecule is Cc1nc(=O)n(C)c2sccc12.Cl. The number of hydrogen-bond donors (Lipinski definition) is 0. The van der Waals surface area contributed by atoms with Crippen LogP contribution in [-0.2, 0) is 7.05 Å². The third kappa shape index (κ3) is 1.47. The summed E-state index contributed by atoms with van der Waals surface area (Å²) in [5.41, 5.74) is 0.636. The van der Waals surface area contributed by atoms with Crippen LogP contribution in [0, 0.1) is 6.92 Å². The maximum atomic E-state index is 11.2. The van der Waals surface area contributed by atoms with E-state index < -0.39 is 0 Å². The number of thiophene rings is 1. The van der Waals surface area contributed by atoms with E-state index in [-0.39, 0.29) is 18.1 Å². The topological polar surface area (TPSA) is 34.9 Å². The number of nitrogens with zero attached hydrogens (tertiary/aromatic N) is 2. The molecule has 2 aromatic rings. The van der Waals surface area contributed by atoms with Crippen LogP contribution in [0.2, 0.25) is 0 Å². The van der Waals surface area contributed by atoms with Crippen LogP contribution in [0.1, 0.15) is 5.69 Å². The number of aryl methyl sites for hydroxylation is 2. The molecule has 0 unspecified atom stereocenters. The average Bonchev–Trinajstić information content (AvgIpc) is 2.48. The van der Waals surface area contributed by atoms with Crippen LogP contribution in [0.5, 0.6) is 0 Å². The summed E-state index contributed by atoms with van der Waals surface area (Å²) >= 11 is 1.57. The normalized spacial score (nSPS) is 10.0. The van der Waals surface area contributed by atoms with Gasteiger partial charge in [0, 0.05) is 12.4 Å². The molecule has 0 amide bonds. The first-order chi connectivity index (χ1) is 5.70. The molecular weight excluding hydrogens is 208 g/mol. The lowest BCUT2D eigenvalue weighted by Gasteiger charge is -1.99. The summed E-state index contributed by atoms with van der Waals surface area (Å²) in [6.45, 7) is 1.86. The van der Waals surface area contributed by atoms with Crippen LogP contribution in [-0.4, -0.2) is 9.55 Å². The van der Waals surface area contributed by atoms with Crippen molar-refractivity contribution in [3.8, 4) is 0 Å². The highest BCUT2D eigenvalue weighted by molar-refractivity contribution is 7.16. The Bertz CT molecular complexity index is 488. The fourth-order valence-electron chi connectivity index (χ4n) is 1.20. The standard InChI is InChI=1S/C8H8N2OS.ClH/c1-5-6-3-4-12-7(6)10(2)8(11)9-5;/h3-4H,1-2H3;1H. The summed E-state index contributed by atoms with van der Waals surface area (Å²) < 4.78 is 1.58. The van der Waals surface area contributed by atoms with E-state index in [0.717, 1.165) is 15.9 Å². The van der Waals surface area contributed by atoms with E-state index in [1.165, 1.54) is 0 Å². The predicted molar refractivity (Wildman–Crippen MR) is 56.8 cm³/mol. The third-order valence-electron chi connectivity index (χ3n) is 1.89. The first-order valence-corrected chi connectivity index (χ1v) is 4.49. The summed E-state index contributed by atoms with van der Waals surface area (Å²) in [6, 6.07) is 1.99. The number of aromatic nitrogens is 2. The van der Waals surface area contributed by atoms with Crippen molar-refractivity contribution in [1.29, 1.82) is 0 Å². The van der Waals surface area contributed by atoms with Crippen molar-refractivity contribution < 1.29 is 0 Å². The van der Waals surface area contributed by atoms with Gasteiger partial charge in [0.15, 0.2) is 0 Å². The number of hydrogen-bond acceptors (Lipinski definition) is 3. The lowest BCUT2D eigenvalue weighted by atomic mass is 10.3. The molecule has 0 aliphatic rings. The number of halogens is 1. The molecule has 70 valence electrons. The Morgan fingerprint density at radius 1 is 1.54 bits per heavy atom. The van der Waals surface area contributed by atoms with Crippen molar-refractivity contribution in [3.05, 3.63) is 27.6 Å². The van der Waals surface area contributed by atoms with Gasteiger partial charge in [0.1, 0.15) is 4.83 Å². The molecule has 0 N–H and O–H groups in total. The minimum Gasteiger partial charge on any atom is -0.286 e. The van der Waals surface area contributed by atoms with Gasteiger partial charge in [0.05, 0.1) is 5.69 Å². The number of rotatable bonds is 0. The molecule has 0 aliphatic carbocycles. The molecular formula is C8H9ClN2OS. The molecule has 0 saturated carbocycles. The zero-order valence-corrected chi connectivity index (χ0v) is 8.91. The Kier molecular flexibility index (Phi) is 2.73. The molecule has 2 aromatic heterocycles. The van der Waals surface area contributed by atoms with Gasteiger partial charge < -0.3 is 0 Å². The van der Waals surface area contributed by atoms with Gasteiger partial charge in [-0.15, -0.1) is 23.7 Å². The van der Waals surface area contributed by atoms with Crippen molar-refractivity contribution in [3.63, 3.8) is 0 Å². The molecule has 3 nitrogen and oxygen atoms in total. The van der Waals surface area contributed by atoms with E-state index in [9.17, 15) is 4.79 Å². The Labute approximate surface area is 85.4 Å². The van der Waals surface area contributed by atoms with Gasteiger partial charge >= 0.3 is 5.69 Å². The molecule has 13 heavy (non-hydrogen) atoms. The summed E-state index contributed by atoms with van der Waals surface area (Å²) in [5.74, 6) is 0. The van der Waals surface area contributed by atoms with Gasteiger partial charge in [-0.25, -0.2) is 4.79 Å². The van der Waals surface area contributed by atoms with Gasteiger partial charge in [0.2, 0.25) is 0 Å². The highest BCUT2D eigenvalue weighted by atomic mass is 35.5. The number of fused-ring (bicyclic) bond motifs is 1.